The lowest BCUT2D eigenvalue weighted by Crippen LogP contribution is -2.30. The van der Waals surface area contributed by atoms with Crippen molar-refractivity contribution in [3.05, 3.63) is 21.0 Å². The zero-order valence-electron chi connectivity index (χ0n) is 11.5. The average molecular weight is 330 g/mol. The summed E-state index contributed by atoms with van der Waals surface area (Å²) in [5.74, 6) is 0.486. The van der Waals surface area contributed by atoms with Gasteiger partial charge in [0.2, 0.25) is 0 Å². The highest BCUT2D eigenvalue weighted by Gasteiger charge is 2.23. The third kappa shape index (κ3) is 3.17. The van der Waals surface area contributed by atoms with Crippen molar-refractivity contribution in [1.29, 1.82) is 0 Å². The molecule has 0 amide bonds. The first kappa shape index (κ1) is 14.5. The fourth-order valence-corrected chi connectivity index (χ4v) is 2.62. The third-order valence-corrected chi connectivity index (χ3v) is 4.25. The van der Waals surface area contributed by atoms with Crippen LogP contribution in [-0.4, -0.2) is 29.0 Å². The minimum atomic E-state index is -0.102. The van der Waals surface area contributed by atoms with Crippen molar-refractivity contribution in [2.75, 3.05) is 18.5 Å². The Morgan fingerprint density at radius 2 is 2.26 bits per heavy atom. The second kappa shape index (κ2) is 6.05. The van der Waals surface area contributed by atoms with E-state index in [0.717, 1.165) is 25.3 Å². The smallest absolute Gasteiger partial charge is 0.283 e. The SMILES string of the molecule is CC(Nc1cnn(C(C)C)c(=O)c1Br)C1CCOC1. The molecule has 1 fully saturated rings. The van der Waals surface area contributed by atoms with Crippen LogP contribution in [0.3, 0.4) is 0 Å². The van der Waals surface area contributed by atoms with Crippen LogP contribution in [0.5, 0.6) is 0 Å². The van der Waals surface area contributed by atoms with Crippen LogP contribution in [0.2, 0.25) is 0 Å². The van der Waals surface area contributed by atoms with Gasteiger partial charge in [0.25, 0.3) is 5.56 Å². The van der Waals surface area contributed by atoms with E-state index in [4.69, 9.17) is 4.74 Å². The molecule has 2 rings (SSSR count). The lowest BCUT2D eigenvalue weighted by atomic mass is 10.0. The Morgan fingerprint density at radius 1 is 1.53 bits per heavy atom. The molecule has 1 N–H and O–H groups in total. The van der Waals surface area contributed by atoms with Crippen LogP contribution in [0.15, 0.2) is 15.5 Å². The largest absolute Gasteiger partial charge is 0.381 e. The molecule has 0 aromatic carbocycles. The van der Waals surface area contributed by atoms with E-state index in [1.807, 2.05) is 13.8 Å². The molecule has 0 radical (unpaired) electrons. The van der Waals surface area contributed by atoms with Gasteiger partial charge >= 0.3 is 0 Å². The molecule has 1 saturated heterocycles. The molecule has 1 aromatic heterocycles. The van der Waals surface area contributed by atoms with Gasteiger partial charge in [-0.3, -0.25) is 4.79 Å². The van der Waals surface area contributed by atoms with Gasteiger partial charge in [0, 0.05) is 18.6 Å². The summed E-state index contributed by atoms with van der Waals surface area (Å²) in [6.45, 7) is 7.59. The van der Waals surface area contributed by atoms with Crippen molar-refractivity contribution < 1.29 is 4.74 Å². The van der Waals surface area contributed by atoms with E-state index in [0.29, 0.717) is 10.4 Å². The lowest BCUT2D eigenvalue weighted by molar-refractivity contribution is 0.183. The van der Waals surface area contributed by atoms with Crippen LogP contribution in [0.4, 0.5) is 5.69 Å². The zero-order valence-corrected chi connectivity index (χ0v) is 13.1. The molecule has 0 saturated carbocycles. The standard InChI is InChI=1S/C13H20BrN3O2/c1-8(2)17-13(18)12(14)11(6-15-17)16-9(3)10-4-5-19-7-10/h6,8-10,16H,4-5,7H2,1-3H3. The molecule has 2 atom stereocenters. The number of halogens is 1. The molecule has 1 aliphatic heterocycles. The van der Waals surface area contributed by atoms with Gasteiger partial charge in [-0.25, -0.2) is 4.68 Å². The summed E-state index contributed by atoms with van der Waals surface area (Å²) in [7, 11) is 0. The second-order valence-electron chi connectivity index (χ2n) is 5.27. The summed E-state index contributed by atoms with van der Waals surface area (Å²) in [5.41, 5.74) is 0.649. The van der Waals surface area contributed by atoms with Crippen LogP contribution in [0.25, 0.3) is 0 Å². The molecule has 106 valence electrons. The minimum absolute atomic E-state index is 0.0542. The molecule has 2 unspecified atom stereocenters. The molecule has 19 heavy (non-hydrogen) atoms. The van der Waals surface area contributed by atoms with Crippen LogP contribution < -0.4 is 10.9 Å². The molecular weight excluding hydrogens is 310 g/mol. The summed E-state index contributed by atoms with van der Waals surface area (Å²) >= 11 is 3.37. The monoisotopic (exact) mass is 329 g/mol. The van der Waals surface area contributed by atoms with E-state index in [-0.39, 0.29) is 17.6 Å². The van der Waals surface area contributed by atoms with E-state index >= 15 is 0 Å². The zero-order chi connectivity index (χ0) is 14.0. The number of nitrogens with one attached hydrogen (secondary N) is 1. The average Bonchev–Trinajstić information content (AvgIpc) is 2.88. The molecule has 5 nitrogen and oxygen atoms in total. The first-order valence-corrected chi connectivity index (χ1v) is 7.41. The van der Waals surface area contributed by atoms with Crippen molar-refractivity contribution in [3.63, 3.8) is 0 Å². The van der Waals surface area contributed by atoms with Crippen molar-refractivity contribution in [2.45, 2.75) is 39.3 Å². The quantitative estimate of drug-likeness (QED) is 0.921. The summed E-state index contributed by atoms with van der Waals surface area (Å²) in [4.78, 5) is 12.1. The first-order valence-electron chi connectivity index (χ1n) is 6.62. The van der Waals surface area contributed by atoms with Crippen LogP contribution in [-0.2, 0) is 4.74 Å². The number of anilines is 1. The Morgan fingerprint density at radius 3 is 2.84 bits per heavy atom. The number of hydrogen-bond acceptors (Lipinski definition) is 4. The fourth-order valence-electron chi connectivity index (χ4n) is 2.22. The predicted octanol–water partition coefficient (Wildman–Crippen LogP) is 2.42. The van der Waals surface area contributed by atoms with Crippen molar-refractivity contribution >= 4 is 21.6 Å². The van der Waals surface area contributed by atoms with E-state index < -0.39 is 0 Å². The maximum atomic E-state index is 12.1. The molecule has 2 heterocycles. The van der Waals surface area contributed by atoms with Gasteiger partial charge in [-0.1, -0.05) is 0 Å². The summed E-state index contributed by atoms with van der Waals surface area (Å²) in [5, 5.41) is 7.56. The Bertz CT molecular complexity index is 495. The van der Waals surface area contributed by atoms with E-state index in [1.54, 1.807) is 6.20 Å². The highest BCUT2D eigenvalue weighted by molar-refractivity contribution is 9.10. The maximum Gasteiger partial charge on any atom is 0.283 e. The van der Waals surface area contributed by atoms with Crippen LogP contribution >= 0.6 is 15.9 Å². The normalized spacial score (nSPS) is 20.8. The summed E-state index contributed by atoms with van der Waals surface area (Å²) < 4.78 is 7.40. The van der Waals surface area contributed by atoms with Gasteiger partial charge in [-0.05, 0) is 43.1 Å². The third-order valence-electron chi connectivity index (χ3n) is 3.49. The molecule has 0 bridgehead atoms. The number of nitrogens with zero attached hydrogens (tertiary/aromatic N) is 2. The van der Waals surface area contributed by atoms with Gasteiger partial charge in [0.1, 0.15) is 4.47 Å². The van der Waals surface area contributed by atoms with E-state index in [9.17, 15) is 4.79 Å². The number of aromatic nitrogens is 2. The van der Waals surface area contributed by atoms with Gasteiger partial charge < -0.3 is 10.1 Å². The second-order valence-corrected chi connectivity index (χ2v) is 6.07. The van der Waals surface area contributed by atoms with Crippen molar-refractivity contribution in [3.8, 4) is 0 Å². The van der Waals surface area contributed by atoms with Crippen LogP contribution in [0, 0.1) is 5.92 Å². The van der Waals surface area contributed by atoms with Gasteiger partial charge in [-0.2, -0.15) is 5.10 Å². The van der Waals surface area contributed by atoms with Crippen molar-refractivity contribution in [1.82, 2.24) is 9.78 Å². The van der Waals surface area contributed by atoms with Gasteiger partial charge in [0.05, 0.1) is 24.5 Å². The topological polar surface area (TPSA) is 56.2 Å². The Labute approximate surface area is 121 Å². The van der Waals surface area contributed by atoms with Crippen LogP contribution in [0.1, 0.15) is 33.2 Å². The maximum absolute atomic E-state index is 12.1. The fraction of sp³-hybridized carbons (Fsp3) is 0.692. The molecule has 6 heteroatoms. The molecule has 1 aliphatic rings. The van der Waals surface area contributed by atoms with Gasteiger partial charge in [0.15, 0.2) is 0 Å². The number of rotatable bonds is 4. The Kier molecular flexibility index (Phi) is 4.62. The molecule has 1 aromatic rings. The number of hydrogen-bond donors (Lipinski definition) is 1. The Hall–Kier alpha value is -0.880. The first-order chi connectivity index (χ1) is 9.00. The molecule has 0 spiro atoms. The van der Waals surface area contributed by atoms with Crippen molar-refractivity contribution in [2.24, 2.45) is 5.92 Å². The van der Waals surface area contributed by atoms with E-state index in [1.165, 1.54) is 4.68 Å². The lowest BCUT2D eigenvalue weighted by Gasteiger charge is -2.21. The highest BCUT2D eigenvalue weighted by Crippen LogP contribution is 2.23. The number of ether oxygens (including phenoxy) is 1. The summed E-state index contributed by atoms with van der Waals surface area (Å²) in [6, 6.07) is 0.313. The predicted molar refractivity (Wildman–Crippen MR) is 78.6 cm³/mol. The van der Waals surface area contributed by atoms with Gasteiger partial charge in [-0.15, -0.1) is 0 Å². The molecular formula is C13H20BrN3O2. The molecule has 0 aliphatic carbocycles. The van der Waals surface area contributed by atoms with E-state index in [2.05, 4.69) is 33.3 Å². The summed E-state index contributed by atoms with van der Waals surface area (Å²) in [6.07, 6.45) is 2.76. The minimum Gasteiger partial charge on any atom is -0.381 e. The Balaban J connectivity index is 2.17. The highest BCUT2D eigenvalue weighted by atomic mass is 79.9.